The molecule has 0 saturated carbocycles. The van der Waals surface area contributed by atoms with E-state index in [4.69, 9.17) is 0 Å². The van der Waals surface area contributed by atoms with Gasteiger partial charge in [-0.3, -0.25) is 0 Å². The molecule has 1 unspecified atom stereocenters. The fourth-order valence-electron chi connectivity index (χ4n) is 2.19. The van der Waals surface area contributed by atoms with Gasteiger partial charge in [0.05, 0.1) is 4.47 Å². The van der Waals surface area contributed by atoms with Gasteiger partial charge < -0.3 is 10.2 Å². The minimum Gasteiger partial charge on any atom is -0.357 e. The number of nitrogens with one attached hydrogen (secondary N) is 1. The Bertz CT molecular complexity index is 378. The maximum Gasteiger partial charge on any atom is 0.142 e. The Morgan fingerprint density at radius 1 is 1.47 bits per heavy atom. The van der Waals surface area contributed by atoms with Crippen molar-refractivity contribution in [1.82, 2.24) is 10.3 Å². The molecule has 2 rings (SSSR count). The largest absolute Gasteiger partial charge is 0.357 e. The average Bonchev–Trinajstić information content (AvgIpc) is 2.30. The number of hydrogen-bond acceptors (Lipinski definition) is 3. The van der Waals surface area contributed by atoms with Crippen LogP contribution in [0.4, 0.5) is 5.82 Å². The zero-order valence-corrected chi connectivity index (χ0v) is 13.1. The smallest absolute Gasteiger partial charge is 0.142 e. The van der Waals surface area contributed by atoms with Gasteiger partial charge in [-0.1, -0.05) is 6.42 Å². The molecule has 2 heterocycles. The number of rotatable bonds is 3. The van der Waals surface area contributed by atoms with Gasteiger partial charge in [-0.25, -0.2) is 4.98 Å². The zero-order chi connectivity index (χ0) is 12.3. The maximum atomic E-state index is 4.45. The van der Waals surface area contributed by atoms with E-state index in [1.54, 1.807) is 0 Å². The van der Waals surface area contributed by atoms with Gasteiger partial charge >= 0.3 is 0 Å². The molecule has 1 saturated heterocycles. The van der Waals surface area contributed by atoms with Crippen molar-refractivity contribution in [2.75, 3.05) is 25.0 Å². The molecule has 0 spiro atoms. The standard InChI is InChI=1S/C12H17Br2N3/c1-17(8-10-4-2-3-5-15-10)12-11(14)6-9(13)7-16-12/h6-7,10,15H,2-5,8H2,1H3. The summed E-state index contributed by atoms with van der Waals surface area (Å²) >= 11 is 6.98. The van der Waals surface area contributed by atoms with Crippen molar-refractivity contribution < 1.29 is 0 Å². The third-order valence-corrected chi connectivity index (χ3v) is 4.07. The molecule has 1 fully saturated rings. The van der Waals surface area contributed by atoms with E-state index < -0.39 is 0 Å². The van der Waals surface area contributed by atoms with Crippen LogP contribution in [0, 0.1) is 0 Å². The Morgan fingerprint density at radius 3 is 2.94 bits per heavy atom. The van der Waals surface area contributed by atoms with Crippen LogP contribution in [0.5, 0.6) is 0 Å². The topological polar surface area (TPSA) is 28.2 Å². The van der Waals surface area contributed by atoms with Crippen molar-refractivity contribution in [2.24, 2.45) is 0 Å². The van der Waals surface area contributed by atoms with Crippen molar-refractivity contribution >= 4 is 37.7 Å². The first kappa shape index (κ1) is 13.3. The zero-order valence-electron chi connectivity index (χ0n) is 9.92. The summed E-state index contributed by atoms with van der Waals surface area (Å²) in [6, 6.07) is 2.62. The molecule has 1 aromatic heterocycles. The second-order valence-electron chi connectivity index (χ2n) is 4.49. The highest BCUT2D eigenvalue weighted by Gasteiger charge is 2.16. The summed E-state index contributed by atoms with van der Waals surface area (Å²) in [4.78, 5) is 6.66. The molecule has 0 aromatic carbocycles. The number of nitrogens with zero attached hydrogens (tertiary/aromatic N) is 2. The predicted octanol–water partition coefficient (Wildman–Crippen LogP) is 3.18. The van der Waals surface area contributed by atoms with Gasteiger partial charge in [0, 0.05) is 30.3 Å². The molecule has 17 heavy (non-hydrogen) atoms. The number of halogens is 2. The van der Waals surface area contributed by atoms with Crippen molar-refractivity contribution in [1.29, 1.82) is 0 Å². The molecule has 3 nitrogen and oxygen atoms in total. The van der Waals surface area contributed by atoms with Gasteiger partial charge in [0.15, 0.2) is 0 Å². The average molecular weight is 363 g/mol. The fraction of sp³-hybridized carbons (Fsp3) is 0.583. The van der Waals surface area contributed by atoms with Gasteiger partial charge in [-0.2, -0.15) is 0 Å². The predicted molar refractivity (Wildman–Crippen MR) is 78.5 cm³/mol. The van der Waals surface area contributed by atoms with E-state index in [0.29, 0.717) is 6.04 Å². The number of hydrogen-bond donors (Lipinski definition) is 1. The first-order valence-corrected chi connectivity index (χ1v) is 7.51. The van der Waals surface area contributed by atoms with Gasteiger partial charge in [-0.05, 0) is 57.3 Å². The van der Waals surface area contributed by atoms with Gasteiger partial charge in [0.2, 0.25) is 0 Å². The van der Waals surface area contributed by atoms with E-state index in [9.17, 15) is 0 Å². The van der Waals surface area contributed by atoms with Crippen LogP contribution < -0.4 is 10.2 Å². The lowest BCUT2D eigenvalue weighted by molar-refractivity contribution is 0.403. The molecule has 94 valence electrons. The number of pyridine rings is 1. The minimum atomic E-state index is 0.589. The molecule has 0 radical (unpaired) electrons. The summed E-state index contributed by atoms with van der Waals surface area (Å²) in [5, 5.41) is 3.56. The Labute approximate surface area is 119 Å². The van der Waals surface area contributed by atoms with E-state index in [1.807, 2.05) is 12.3 Å². The van der Waals surface area contributed by atoms with Crippen LogP contribution >= 0.6 is 31.9 Å². The van der Waals surface area contributed by atoms with E-state index in [1.165, 1.54) is 19.3 Å². The lowest BCUT2D eigenvalue weighted by atomic mass is 10.0. The summed E-state index contributed by atoms with van der Waals surface area (Å²) in [6.07, 6.45) is 5.74. The van der Waals surface area contributed by atoms with Crippen molar-refractivity contribution in [2.45, 2.75) is 25.3 Å². The van der Waals surface area contributed by atoms with Crippen LogP contribution in [0.25, 0.3) is 0 Å². The highest BCUT2D eigenvalue weighted by molar-refractivity contribution is 9.11. The second-order valence-corrected chi connectivity index (χ2v) is 6.26. The van der Waals surface area contributed by atoms with Crippen molar-refractivity contribution in [3.63, 3.8) is 0 Å². The van der Waals surface area contributed by atoms with Crippen LogP contribution in [0.15, 0.2) is 21.2 Å². The summed E-state index contributed by atoms with van der Waals surface area (Å²) in [5.74, 6) is 1.00. The lowest BCUT2D eigenvalue weighted by Crippen LogP contribution is -2.42. The third kappa shape index (κ3) is 3.66. The van der Waals surface area contributed by atoms with E-state index in [-0.39, 0.29) is 0 Å². The summed E-state index contributed by atoms with van der Waals surface area (Å²) in [7, 11) is 2.09. The molecule has 1 aromatic rings. The summed E-state index contributed by atoms with van der Waals surface area (Å²) in [5.41, 5.74) is 0. The molecule has 1 aliphatic rings. The van der Waals surface area contributed by atoms with Gasteiger partial charge in [-0.15, -0.1) is 0 Å². The Kier molecular flexibility index (Phi) is 4.82. The first-order chi connectivity index (χ1) is 8.16. The van der Waals surface area contributed by atoms with E-state index >= 15 is 0 Å². The van der Waals surface area contributed by atoms with Crippen LogP contribution in [0.3, 0.4) is 0 Å². The molecule has 0 aliphatic carbocycles. The van der Waals surface area contributed by atoms with Crippen molar-refractivity contribution in [3.8, 4) is 0 Å². The second kappa shape index (κ2) is 6.16. The number of aromatic nitrogens is 1. The molecule has 1 atom stereocenters. The molecule has 1 aliphatic heterocycles. The SMILES string of the molecule is CN(CC1CCCCN1)c1ncc(Br)cc1Br. The highest BCUT2D eigenvalue weighted by atomic mass is 79.9. The number of piperidine rings is 1. The quantitative estimate of drug-likeness (QED) is 0.894. The molecule has 0 amide bonds. The van der Waals surface area contributed by atoms with Gasteiger partial charge in [0.25, 0.3) is 0 Å². The van der Waals surface area contributed by atoms with Crippen LogP contribution in [-0.4, -0.2) is 31.2 Å². The number of likely N-dealkylation sites (N-methyl/N-ethyl adjacent to an activating group) is 1. The molecule has 1 N–H and O–H groups in total. The fourth-order valence-corrected chi connectivity index (χ4v) is 3.48. The number of anilines is 1. The maximum absolute atomic E-state index is 4.45. The lowest BCUT2D eigenvalue weighted by Gasteiger charge is -2.29. The van der Waals surface area contributed by atoms with E-state index in [0.717, 1.165) is 27.9 Å². The van der Waals surface area contributed by atoms with Crippen LogP contribution in [0.1, 0.15) is 19.3 Å². The van der Waals surface area contributed by atoms with Crippen LogP contribution in [0.2, 0.25) is 0 Å². The van der Waals surface area contributed by atoms with Crippen LogP contribution in [-0.2, 0) is 0 Å². The first-order valence-electron chi connectivity index (χ1n) is 5.92. The molecular formula is C12H17Br2N3. The Balaban J connectivity index is 2.00. The van der Waals surface area contributed by atoms with Crippen molar-refractivity contribution in [3.05, 3.63) is 21.2 Å². The third-order valence-electron chi connectivity index (χ3n) is 3.06. The molecule has 5 heteroatoms. The van der Waals surface area contributed by atoms with E-state index in [2.05, 4.69) is 54.1 Å². The monoisotopic (exact) mass is 361 g/mol. The minimum absolute atomic E-state index is 0.589. The van der Waals surface area contributed by atoms with Gasteiger partial charge in [0.1, 0.15) is 5.82 Å². The summed E-state index contributed by atoms with van der Waals surface area (Å²) < 4.78 is 2.03. The molecule has 0 bridgehead atoms. The molecular weight excluding hydrogens is 346 g/mol. The highest BCUT2D eigenvalue weighted by Crippen LogP contribution is 2.26. The Morgan fingerprint density at radius 2 is 2.29 bits per heavy atom. The normalized spacial score (nSPS) is 20.3. The summed E-state index contributed by atoms with van der Waals surface area (Å²) in [6.45, 7) is 2.15. The Hall–Kier alpha value is -0.130.